The lowest BCUT2D eigenvalue weighted by Crippen LogP contribution is -2.58. The van der Waals surface area contributed by atoms with E-state index in [-0.39, 0.29) is 17.5 Å². The molecule has 3 aliphatic heterocycles. The molecule has 0 bridgehead atoms. The maximum atomic E-state index is 12.1. The van der Waals surface area contributed by atoms with Crippen LogP contribution in [0.25, 0.3) is 10.9 Å². The van der Waals surface area contributed by atoms with Gasteiger partial charge in [-0.15, -0.1) is 0 Å². The number of aromatic nitrogens is 1. The van der Waals surface area contributed by atoms with Crippen molar-refractivity contribution >= 4 is 28.3 Å². The summed E-state index contributed by atoms with van der Waals surface area (Å²) in [6.07, 6.45) is 3.25. The molecule has 1 saturated heterocycles. The smallest absolute Gasteiger partial charge is 0.262 e. The average Bonchev–Trinajstić information content (AvgIpc) is 2.98. The normalized spacial score (nSPS) is 23.5. The second-order valence-electron chi connectivity index (χ2n) is 7.65. The number of fused-ring (bicyclic) bond motifs is 4. The molecule has 0 radical (unpaired) electrons. The number of benzene rings is 1. The number of aryl methyl sites for hydroxylation is 1. The second-order valence-corrected chi connectivity index (χ2v) is 7.65. The zero-order chi connectivity index (χ0) is 18.1. The van der Waals surface area contributed by atoms with Crippen LogP contribution in [0, 0.1) is 0 Å². The topological polar surface area (TPSA) is 70.9 Å². The van der Waals surface area contributed by atoms with E-state index in [9.17, 15) is 4.79 Å². The van der Waals surface area contributed by atoms with Crippen LogP contribution in [0.5, 0.6) is 5.75 Å². The molecule has 1 unspecified atom stereocenters. The Balaban J connectivity index is 1.74. The van der Waals surface area contributed by atoms with Crippen molar-refractivity contribution in [1.29, 1.82) is 0 Å². The Labute approximate surface area is 152 Å². The molecule has 1 aromatic heterocycles. The molecule has 0 aliphatic carbocycles. The van der Waals surface area contributed by atoms with E-state index in [1.807, 2.05) is 11.8 Å². The molecule has 7 nitrogen and oxygen atoms in total. The number of ether oxygens (including phenoxy) is 1. The van der Waals surface area contributed by atoms with Crippen LogP contribution in [0.3, 0.4) is 0 Å². The lowest BCUT2D eigenvalue weighted by molar-refractivity contribution is -0.122. The van der Waals surface area contributed by atoms with Crippen molar-refractivity contribution in [3.63, 3.8) is 0 Å². The van der Waals surface area contributed by atoms with Gasteiger partial charge in [0.1, 0.15) is 18.4 Å². The first-order valence-corrected chi connectivity index (χ1v) is 9.19. The van der Waals surface area contributed by atoms with E-state index in [0.717, 1.165) is 36.8 Å². The predicted octanol–water partition coefficient (Wildman–Crippen LogP) is 1.55. The van der Waals surface area contributed by atoms with Gasteiger partial charge in [0.25, 0.3) is 5.91 Å². The molecule has 4 heterocycles. The molecule has 0 spiro atoms. The molecule has 2 N–H and O–H groups in total. The first-order valence-electron chi connectivity index (χ1n) is 9.19. The summed E-state index contributed by atoms with van der Waals surface area (Å²) in [7, 11) is 0. The van der Waals surface area contributed by atoms with Gasteiger partial charge in [-0.1, -0.05) is 6.92 Å². The highest BCUT2D eigenvalue weighted by Crippen LogP contribution is 2.41. The lowest BCUT2D eigenvalue weighted by atomic mass is 9.94. The van der Waals surface area contributed by atoms with Gasteiger partial charge in [0.2, 0.25) is 0 Å². The minimum Gasteiger partial charge on any atom is -0.483 e. The van der Waals surface area contributed by atoms with E-state index >= 15 is 0 Å². The summed E-state index contributed by atoms with van der Waals surface area (Å²) in [6, 6.07) is 3.99. The van der Waals surface area contributed by atoms with Gasteiger partial charge >= 0.3 is 0 Å². The molecule has 1 fully saturated rings. The van der Waals surface area contributed by atoms with E-state index < -0.39 is 0 Å². The third-order valence-corrected chi connectivity index (χ3v) is 5.90. The minimum absolute atomic E-state index is 0.0806. The van der Waals surface area contributed by atoms with Crippen molar-refractivity contribution in [2.24, 2.45) is 5.10 Å². The molecule has 1 aromatic carbocycles. The third-order valence-electron chi connectivity index (χ3n) is 5.90. The van der Waals surface area contributed by atoms with E-state index in [1.165, 1.54) is 16.5 Å². The number of carbonyl (C=O) groups is 1. The molecule has 7 heteroatoms. The number of anilines is 1. The summed E-state index contributed by atoms with van der Waals surface area (Å²) in [6.45, 7) is 8.65. The fourth-order valence-electron chi connectivity index (χ4n) is 4.20. The largest absolute Gasteiger partial charge is 0.483 e. The van der Waals surface area contributed by atoms with Crippen LogP contribution in [-0.4, -0.2) is 42.0 Å². The van der Waals surface area contributed by atoms with Crippen molar-refractivity contribution in [2.75, 3.05) is 24.6 Å². The zero-order valence-corrected chi connectivity index (χ0v) is 15.3. The molecule has 0 saturated carbocycles. The van der Waals surface area contributed by atoms with Gasteiger partial charge in [0.05, 0.1) is 16.7 Å². The minimum atomic E-state index is -0.308. The summed E-state index contributed by atoms with van der Waals surface area (Å²) >= 11 is 0. The van der Waals surface area contributed by atoms with Crippen LogP contribution in [0.2, 0.25) is 0 Å². The average molecular weight is 353 g/mol. The number of hydrogen-bond donors (Lipinski definition) is 2. The molecular weight excluding hydrogens is 330 g/mol. The monoisotopic (exact) mass is 353 g/mol. The van der Waals surface area contributed by atoms with Gasteiger partial charge in [-0.25, -0.2) is 5.43 Å². The second kappa shape index (κ2) is 5.23. The van der Waals surface area contributed by atoms with E-state index in [1.54, 1.807) is 0 Å². The number of amides is 1. The molecule has 136 valence electrons. The third kappa shape index (κ3) is 1.97. The Morgan fingerprint density at radius 2 is 2.19 bits per heavy atom. The van der Waals surface area contributed by atoms with Crippen molar-refractivity contribution in [2.45, 2.75) is 38.8 Å². The number of hydrazone groups is 1. The van der Waals surface area contributed by atoms with Crippen LogP contribution in [0.1, 0.15) is 26.3 Å². The molecule has 1 atom stereocenters. The highest BCUT2D eigenvalue weighted by atomic mass is 16.5. The van der Waals surface area contributed by atoms with Gasteiger partial charge in [-0.2, -0.15) is 5.10 Å². The maximum Gasteiger partial charge on any atom is 0.262 e. The standard InChI is InChI=1S/C19H23N5O2/c1-4-12-7-23(19(3)9-20-10-19)14-6-15-16(5-13(12)14)26-8-17-21-22-18(25)11(2)24(15)17/h5-7,11,20H,4,8-10H2,1-3H3,(H,22,25). The zero-order valence-electron chi connectivity index (χ0n) is 15.3. The predicted molar refractivity (Wildman–Crippen MR) is 101 cm³/mol. The number of nitrogens with zero attached hydrogens (tertiary/aromatic N) is 3. The molecule has 3 aliphatic rings. The number of rotatable bonds is 2. The number of carbonyl (C=O) groups excluding carboxylic acids is 1. The summed E-state index contributed by atoms with van der Waals surface area (Å²) < 4.78 is 8.36. The van der Waals surface area contributed by atoms with Gasteiger partial charge in [-0.05, 0) is 38.0 Å². The highest BCUT2D eigenvalue weighted by Gasteiger charge is 2.38. The van der Waals surface area contributed by atoms with E-state index in [0.29, 0.717) is 6.61 Å². The number of nitrogens with one attached hydrogen (secondary N) is 2. The SMILES string of the molecule is CCc1cn(C2(C)CNC2)c2cc3c(cc12)OCC1=NNC(=O)C(C)N13. The summed E-state index contributed by atoms with van der Waals surface area (Å²) in [5, 5.41) is 8.80. The fourth-order valence-corrected chi connectivity index (χ4v) is 4.20. The molecule has 26 heavy (non-hydrogen) atoms. The van der Waals surface area contributed by atoms with Crippen molar-refractivity contribution in [1.82, 2.24) is 15.3 Å². The molecule has 1 amide bonds. The van der Waals surface area contributed by atoms with Crippen molar-refractivity contribution in [3.8, 4) is 5.75 Å². The Morgan fingerprint density at radius 3 is 2.88 bits per heavy atom. The molecule has 5 rings (SSSR count). The quantitative estimate of drug-likeness (QED) is 0.859. The van der Waals surface area contributed by atoms with Crippen LogP contribution >= 0.6 is 0 Å². The van der Waals surface area contributed by atoms with Crippen LogP contribution in [0.15, 0.2) is 23.4 Å². The summed E-state index contributed by atoms with van der Waals surface area (Å²) in [5.74, 6) is 1.47. The first kappa shape index (κ1) is 15.7. The molecular formula is C19H23N5O2. The summed E-state index contributed by atoms with van der Waals surface area (Å²) in [5.41, 5.74) is 6.09. The van der Waals surface area contributed by atoms with Crippen LogP contribution < -0.4 is 20.4 Å². The Morgan fingerprint density at radius 1 is 1.38 bits per heavy atom. The highest BCUT2D eigenvalue weighted by molar-refractivity contribution is 6.10. The van der Waals surface area contributed by atoms with Gasteiger partial charge < -0.3 is 19.5 Å². The Bertz CT molecular complexity index is 956. The maximum absolute atomic E-state index is 12.1. The first-order chi connectivity index (χ1) is 12.5. The Kier molecular flexibility index (Phi) is 3.16. The Hall–Kier alpha value is -2.54. The van der Waals surface area contributed by atoms with Gasteiger partial charge in [0.15, 0.2) is 5.84 Å². The van der Waals surface area contributed by atoms with Crippen LogP contribution in [0.4, 0.5) is 5.69 Å². The lowest BCUT2D eigenvalue weighted by Gasteiger charge is -2.42. The van der Waals surface area contributed by atoms with E-state index in [4.69, 9.17) is 4.74 Å². The van der Waals surface area contributed by atoms with Crippen LogP contribution in [-0.2, 0) is 16.8 Å². The van der Waals surface area contributed by atoms with Crippen molar-refractivity contribution in [3.05, 3.63) is 23.9 Å². The number of hydrogen-bond acceptors (Lipinski definition) is 5. The van der Waals surface area contributed by atoms with Gasteiger partial charge in [-0.3, -0.25) is 4.79 Å². The van der Waals surface area contributed by atoms with E-state index in [2.05, 4.69) is 52.6 Å². The van der Waals surface area contributed by atoms with Crippen molar-refractivity contribution < 1.29 is 9.53 Å². The fraction of sp³-hybridized carbons (Fsp3) is 0.474. The molecule has 2 aromatic rings. The van der Waals surface area contributed by atoms with Gasteiger partial charge in [0, 0.05) is 24.7 Å². The number of amidine groups is 1. The summed E-state index contributed by atoms with van der Waals surface area (Å²) in [4.78, 5) is 14.1.